The third-order valence-electron chi connectivity index (χ3n) is 3.37. The standard InChI is InChI=1S/C13H17NO2/c1-16-13(5-2-6-13)10-12(15)9-11-3-7-14-8-4-11/h3-4,7-8H,2,5-6,9-10H2,1H3. The molecule has 1 aromatic rings. The summed E-state index contributed by atoms with van der Waals surface area (Å²) in [6, 6.07) is 3.77. The number of hydrogen-bond donors (Lipinski definition) is 0. The molecule has 3 heteroatoms. The van der Waals surface area contributed by atoms with Gasteiger partial charge in [-0.05, 0) is 37.0 Å². The molecule has 0 unspecified atom stereocenters. The van der Waals surface area contributed by atoms with E-state index in [1.807, 2.05) is 12.1 Å². The molecule has 1 heterocycles. The maximum absolute atomic E-state index is 11.9. The average molecular weight is 219 g/mol. The van der Waals surface area contributed by atoms with E-state index in [2.05, 4.69) is 4.98 Å². The molecule has 0 aromatic carbocycles. The van der Waals surface area contributed by atoms with Crippen molar-refractivity contribution in [1.82, 2.24) is 4.98 Å². The summed E-state index contributed by atoms with van der Waals surface area (Å²) in [6.45, 7) is 0. The minimum Gasteiger partial charge on any atom is -0.378 e. The van der Waals surface area contributed by atoms with Crippen molar-refractivity contribution in [2.45, 2.75) is 37.7 Å². The van der Waals surface area contributed by atoms with Gasteiger partial charge in [0.2, 0.25) is 0 Å². The van der Waals surface area contributed by atoms with Crippen LogP contribution in [0.3, 0.4) is 0 Å². The van der Waals surface area contributed by atoms with Gasteiger partial charge in [-0.3, -0.25) is 9.78 Å². The van der Waals surface area contributed by atoms with Gasteiger partial charge < -0.3 is 4.74 Å². The minimum absolute atomic E-state index is 0.149. The molecule has 86 valence electrons. The molecule has 0 spiro atoms. The smallest absolute Gasteiger partial charge is 0.140 e. The summed E-state index contributed by atoms with van der Waals surface area (Å²) in [4.78, 5) is 15.8. The third-order valence-corrected chi connectivity index (χ3v) is 3.37. The van der Waals surface area contributed by atoms with Crippen LogP contribution in [0.15, 0.2) is 24.5 Å². The number of aromatic nitrogens is 1. The number of nitrogens with zero attached hydrogens (tertiary/aromatic N) is 1. The SMILES string of the molecule is COC1(CC(=O)Cc2ccncc2)CCC1. The first kappa shape index (κ1) is 11.3. The Labute approximate surface area is 95.8 Å². The van der Waals surface area contributed by atoms with Crippen molar-refractivity contribution in [3.63, 3.8) is 0 Å². The summed E-state index contributed by atoms with van der Waals surface area (Å²) in [6.07, 6.45) is 7.70. The first-order valence-electron chi connectivity index (χ1n) is 5.70. The Morgan fingerprint density at radius 1 is 1.44 bits per heavy atom. The second kappa shape index (κ2) is 4.74. The summed E-state index contributed by atoms with van der Waals surface area (Å²) in [5, 5.41) is 0. The molecular formula is C13H17NO2. The fourth-order valence-electron chi connectivity index (χ4n) is 2.17. The Hall–Kier alpha value is -1.22. The first-order valence-corrected chi connectivity index (χ1v) is 5.70. The summed E-state index contributed by atoms with van der Waals surface area (Å²) in [5.74, 6) is 0.257. The predicted molar refractivity (Wildman–Crippen MR) is 61.2 cm³/mol. The van der Waals surface area contributed by atoms with Crippen molar-refractivity contribution in [2.24, 2.45) is 0 Å². The van der Waals surface area contributed by atoms with Gasteiger partial charge in [-0.15, -0.1) is 0 Å². The molecule has 0 atom stereocenters. The Morgan fingerprint density at radius 3 is 2.62 bits per heavy atom. The van der Waals surface area contributed by atoms with E-state index in [9.17, 15) is 4.79 Å². The van der Waals surface area contributed by atoms with Crippen LogP contribution >= 0.6 is 0 Å². The zero-order valence-corrected chi connectivity index (χ0v) is 9.61. The topological polar surface area (TPSA) is 39.2 Å². The Kier molecular flexibility index (Phi) is 3.34. The Morgan fingerprint density at radius 2 is 2.12 bits per heavy atom. The van der Waals surface area contributed by atoms with Crippen LogP contribution < -0.4 is 0 Å². The number of hydrogen-bond acceptors (Lipinski definition) is 3. The average Bonchev–Trinajstić information content (AvgIpc) is 2.25. The number of carbonyl (C=O) groups excluding carboxylic acids is 1. The molecular weight excluding hydrogens is 202 g/mol. The fourth-order valence-corrected chi connectivity index (χ4v) is 2.17. The Balaban J connectivity index is 1.89. The largest absolute Gasteiger partial charge is 0.378 e. The van der Waals surface area contributed by atoms with Crippen molar-refractivity contribution in [2.75, 3.05) is 7.11 Å². The molecule has 1 aliphatic rings. The van der Waals surface area contributed by atoms with Crippen LogP contribution in [0.25, 0.3) is 0 Å². The maximum atomic E-state index is 11.9. The van der Waals surface area contributed by atoms with Gasteiger partial charge in [-0.25, -0.2) is 0 Å². The van der Waals surface area contributed by atoms with Gasteiger partial charge in [-0.2, -0.15) is 0 Å². The Bertz CT molecular complexity index is 352. The van der Waals surface area contributed by atoms with Gasteiger partial charge in [0, 0.05) is 32.3 Å². The molecule has 0 amide bonds. The highest BCUT2D eigenvalue weighted by Crippen LogP contribution is 2.38. The number of methoxy groups -OCH3 is 1. The van der Waals surface area contributed by atoms with Crippen LogP contribution in [0.2, 0.25) is 0 Å². The van der Waals surface area contributed by atoms with E-state index in [4.69, 9.17) is 4.74 Å². The lowest BCUT2D eigenvalue weighted by atomic mass is 9.76. The van der Waals surface area contributed by atoms with E-state index >= 15 is 0 Å². The van der Waals surface area contributed by atoms with Crippen molar-refractivity contribution in [3.05, 3.63) is 30.1 Å². The van der Waals surface area contributed by atoms with Crippen molar-refractivity contribution >= 4 is 5.78 Å². The molecule has 0 N–H and O–H groups in total. The number of Topliss-reactive ketones (excluding diaryl/α,β-unsaturated/α-hetero) is 1. The summed E-state index contributed by atoms with van der Waals surface area (Å²) >= 11 is 0. The van der Waals surface area contributed by atoms with Gasteiger partial charge in [0.25, 0.3) is 0 Å². The molecule has 0 radical (unpaired) electrons. The molecule has 0 saturated heterocycles. The van der Waals surface area contributed by atoms with E-state index in [1.165, 1.54) is 6.42 Å². The van der Waals surface area contributed by atoms with Crippen LogP contribution in [0, 0.1) is 0 Å². The van der Waals surface area contributed by atoms with E-state index in [0.717, 1.165) is 18.4 Å². The van der Waals surface area contributed by atoms with E-state index in [1.54, 1.807) is 19.5 Å². The lowest BCUT2D eigenvalue weighted by molar-refractivity contribution is -0.131. The van der Waals surface area contributed by atoms with Gasteiger partial charge in [-0.1, -0.05) is 0 Å². The van der Waals surface area contributed by atoms with Crippen LogP contribution in [0.1, 0.15) is 31.2 Å². The van der Waals surface area contributed by atoms with Crippen molar-refractivity contribution in [3.8, 4) is 0 Å². The molecule has 0 bridgehead atoms. The second-order valence-electron chi connectivity index (χ2n) is 4.49. The fraction of sp³-hybridized carbons (Fsp3) is 0.538. The summed E-state index contributed by atoms with van der Waals surface area (Å²) in [5.41, 5.74) is 0.884. The number of pyridine rings is 1. The van der Waals surface area contributed by atoms with E-state index in [-0.39, 0.29) is 11.4 Å². The van der Waals surface area contributed by atoms with Crippen LogP contribution in [-0.2, 0) is 16.0 Å². The molecule has 16 heavy (non-hydrogen) atoms. The quantitative estimate of drug-likeness (QED) is 0.761. The maximum Gasteiger partial charge on any atom is 0.140 e. The van der Waals surface area contributed by atoms with Gasteiger partial charge >= 0.3 is 0 Å². The first-order chi connectivity index (χ1) is 7.74. The van der Waals surface area contributed by atoms with Crippen LogP contribution in [-0.4, -0.2) is 23.5 Å². The van der Waals surface area contributed by atoms with E-state index in [0.29, 0.717) is 12.8 Å². The lowest BCUT2D eigenvalue weighted by Gasteiger charge is -2.40. The second-order valence-corrected chi connectivity index (χ2v) is 4.49. The molecule has 1 saturated carbocycles. The molecule has 3 nitrogen and oxygen atoms in total. The number of carbonyl (C=O) groups is 1. The van der Waals surface area contributed by atoms with Crippen LogP contribution in [0.5, 0.6) is 0 Å². The van der Waals surface area contributed by atoms with Gasteiger partial charge in [0.05, 0.1) is 5.60 Å². The van der Waals surface area contributed by atoms with Crippen molar-refractivity contribution in [1.29, 1.82) is 0 Å². The minimum atomic E-state index is -0.149. The van der Waals surface area contributed by atoms with Crippen LogP contribution in [0.4, 0.5) is 0 Å². The molecule has 0 aliphatic heterocycles. The summed E-state index contributed by atoms with van der Waals surface area (Å²) < 4.78 is 5.45. The van der Waals surface area contributed by atoms with Crippen molar-refractivity contribution < 1.29 is 9.53 Å². The highest BCUT2D eigenvalue weighted by Gasteiger charge is 2.38. The monoisotopic (exact) mass is 219 g/mol. The number of ether oxygens (including phenoxy) is 1. The number of ketones is 1. The van der Waals surface area contributed by atoms with E-state index < -0.39 is 0 Å². The summed E-state index contributed by atoms with van der Waals surface area (Å²) in [7, 11) is 1.71. The molecule has 2 rings (SSSR count). The lowest BCUT2D eigenvalue weighted by Crippen LogP contribution is -2.41. The predicted octanol–water partition coefficient (Wildman–Crippen LogP) is 2.15. The molecule has 1 aromatic heterocycles. The highest BCUT2D eigenvalue weighted by molar-refractivity contribution is 5.81. The highest BCUT2D eigenvalue weighted by atomic mass is 16.5. The third kappa shape index (κ3) is 2.47. The zero-order chi connectivity index (χ0) is 11.4. The normalized spacial score (nSPS) is 17.8. The number of rotatable bonds is 5. The molecule has 1 fully saturated rings. The molecule has 1 aliphatic carbocycles. The van der Waals surface area contributed by atoms with Gasteiger partial charge in [0.1, 0.15) is 5.78 Å². The van der Waals surface area contributed by atoms with Gasteiger partial charge in [0.15, 0.2) is 0 Å². The zero-order valence-electron chi connectivity index (χ0n) is 9.61.